The molecule has 0 spiro atoms. The van der Waals surface area contributed by atoms with Crippen LogP contribution >= 0.6 is 0 Å². The molecule has 170 valence electrons. The maximum atomic E-state index is 13.5. The molecule has 0 aliphatic carbocycles. The monoisotopic (exact) mass is 437 g/mol. The minimum absolute atomic E-state index is 0.103. The van der Waals surface area contributed by atoms with Gasteiger partial charge >= 0.3 is 0 Å². The van der Waals surface area contributed by atoms with Gasteiger partial charge in [0.25, 0.3) is 5.91 Å². The fraction of sp³-hybridized carbons (Fsp3) is 0.583. The number of anilines is 1. The van der Waals surface area contributed by atoms with Crippen LogP contribution in [0, 0.1) is 6.92 Å². The lowest BCUT2D eigenvalue weighted by molar-refractivity contribution is 0.0630. The molecule has 3 saturated heterocycles. The number of aromatic nitrogens is 2. The van der Waals surface area contributed by atoms with E-state index in [1.807, 2.05) is 13.0 Å². The lowest BCUT2D eigenvalue weighted by Gasteiger charge is -2.34. The van der Waals surface area contributed by atoms with Crippen LogP contribution in [0.1, 0.15) is 65.8 Å². The van der Waals surface area contributed by atoms with Crippen molar-refractivity contribution >= 4 is 11.6 Å². The first-order chi connectivity index (χ1) is 15.5. The lowest BCUT2D eigenvalue weighted by Crippen LogP contribution is -2.48. The molecular weight excluding hydrogens is 406 g/mol. The van der Waals surface area contributed by atoms with Crippen molar-refractivity contribution in [1.82, 2.24) is 19.4 Å². The Kier molecular flexibility index (Phi) is 4.78. The zero-order chi connectivity index (χ0) is 22.0. The molecule has 2 aromatic rings. The number of likely N-dealkylation sites (tertiary alicyclic amines) is 2. The van der Waals surface area contributed by atoms with Gasteiger partial charge in [0.15, 0.2) is 6.23 Å². The van der Waals surface area contributed by atoms with Crippen molar-refractivity contribution < 1.29 is 14.6 Å². The molecule has 1 aromatic heterocycles. The molecule has 4 aliphatic heterocycles. The number of hydrogen-bond acceptors (Lipinski definition) is 6. The Morgan fingerprint density at radius 1 is 1.25 bits per heavy atom. The molecule has 8 nitrogen and oxygen atoms in total. The van der Waals surface area contributed by atoms with Crippen LogP contribution in [0.4, 0.5) is 5.69 Å². The Morgan fingerprint density at radius 3 is 2.78 bits per heavy atom. The number of carbonyl (C=O) groups excluding carboxylic acids is 1. The summed E-state index contributed by atoms with van der Waals surface area (Å²) in [5.74, 6) is 1.38. The minimum atomic E-state index is -0.852. The van der Waals surface area contributed by atoms with Gasteiger partial charge in [-0.1, -0.05) is 6.92 Å². The number of fused-ring (bicyclic) bond motifs is 5. The molecule has 32 heavy (non-hydrogen) atoms. The van der Waals surface area contributed by atoms with Crippen molar-refractivity contribution in [3.05, 3.63) is 41.0 Å². The normalized spacial score (nSPS) is 27.3. The van der Waals surface area contributed by atoms with Crippen LogP contribution in [0.25, 0.3) is 5.69 Å². The summed E-state index contributed by atoms with van der Waals surface area (Å²) < 4.78 is 7.62. The highest BCUT2D eigenvalue weighted by molar-refractivity contribution is 5.98. The number of aliphatic hydroxyl groups is 1. The number of ether oxygens (including phenoxy) is 1. The molecular formula is C24H31N5O3. The number of benzene rings is 1. The van der Waals surface area contributed by atoms with Crippen LogP contribution in [0.5, 0.6) is 0 Å². The standard InChI is InChI=1S/C24H31N5O3/c1-3-27-12-17-9-16(27)13-28(17)24(31)18-10-19-20(8-14(18)2)29-21(23(30)26-19)11-25-22(29)15-4-6-32-7-5-15/h8,10-11,15-17,23,26,30H,3-7,9,12-13H2,1-2H3/t16-,17-,23?/m1/s1. The number of hydrogen-bond donors (Lipinski definition) is 2. The molecule has 1 unspecified atom stereocenters. The molecule has 4 aliphatic rings. The number of aliphatic hydroxyl groups excluding tert-OH is 1. The first-order valence-electron chi connectivity index (χ1n) is 11.8. The topological polar surface area (TPSA) is 82.9 Å². The zero-order valence-electron chi connectivity index (χ0n) is 18.8. The molecule has 2 bridgehead atoms. The van der Waals surface area contributed by atoms with Gasteiger partial charge in [0, 0.05) is 49.9 Å². The highest BCUT2D eigenvalue weighted by Crippen LogP contribution is 2.39. The van der Waals surface area contributed by atoms with E-state index in [9.17, 15) is 9.90 Å². The van der Waals surface area contributed by atoms with Crippen LogP contribution in [0.3, 0.4) is 0 Å². The summed E-state index contributed by atoms with van der Waals surface area (Å²) >= 11 is 0. The van der Waals surface area contributed by atoms with E-state index in [2.05, 4.69) is 37.7 Å². The number of likely N-dealkylation sites (N-methyl/N-ethyl adjacent to an activating group) is 1. The number of rotatable bonds is 3. The van der Waals surface area contributed by atoms with E-state index in [4.69, 9.17) is 4.74 Å². The zero-order valence-corrected chi connectivity index (χ0v) is 18.8. The van der Waals surface area contributed by atoms with E-state index in [1.165, 1.54) is 0 Å². The maximum absolute atomic E-state index is 13.5. The van der Waals surface area contributed by atoms with Crippen molar-refractivity contribution in [3.63, 3.8) is 0 Å². The summed E-state index contributed by atoms with van der Waals surface area (Å²) in [5.41, 5.74) is 4.16. The Balaban J connectivity index is 1.35. The molecule has 1 aromatic carbocycles. The summed E-state index contributed by atoms with van der Waals surface area (Å²) in [5, 5.41) is 14.0. The van der Waals surface area contributed by atoms with Gasteiger partial charge in [0.1, 0.15) is 5.82 Å². The van der Waals surface area contributed by atoms with Gasteiger partial charge in [-0.3, -0.25) is 14.3 Å². The van der Waals surface area contributed by atoms with Crippen molar-refractivity contribution in [2.24, 2.45) is 0 Å². The van der Waals surface area contributed by atoms with Gasteiger partial charge in [-0.15, -0.1) is 0 Å². The summed E-state index contributed by atoms with van der Waals surface area (Å²) in [4.78, 5) is 22.7. The van der Waals surface area contributed by atoms with Crippen molar-refractivity contribution in [2.45, 2.75) is 57.3 Å². The molecule has 0 radical (unpaired) electrons. The molecule has 8 heteroatoms. The number of amides is 1. The second-order valence-electron chi connectivity index (χ2n) is 9.58. The molecule has 3 fully saturated rings. The summed E-state index contributed by atoms with van der Waals surface area (Å²) in [7, 11) is 0. The van der Waals surface area contributed by atoms with Gasteiger partial charge < -0.3 is 20.1 Å². The number of piperazine rings is 1. The fourth-order valence-corrected chi connectivity index (χ4v) is 6.06. The van der Waals surface area contributed by atoms with Crippen molar-refractivity contribution in [2.75, 3.05) is 38.2 Å². The van der Waals surface area contributed by atoms with Crippen LogP contribution in [0.2, 0.25) is 0 Å². The minimum Gasteiger partial charge on any atom is -0.381 e. The summed E-state index contributed by atoms with van der Waals surface area (Å²) in [6, 6.07) is 4.79. The summed E-state index contributed by atoms with van der Waals surface area (Å²) in [6.45, 7) is 8.50. The van der Waals surface area contributed by atoms with Crippen LogP contribution in [-0.2, 0) is 4.74 Å². The number of nitrogens with zero attached hydrogens (tertiary/aromatic N) is 4. The number of carbonyl (C=O) groups is 1. The third-order valence-electron chi connectivity index (χ3n) is 7.81. The number of imidazole rings is 1. The quantitative estimate of drug-likeness (QED) is 0.768. The third-order valence-corrected chi connectivity index (χ3v) is 7.81. The Morgan fingerprint density at radius 2 is 2.06 bits per heavy atom. The smallest absolute Gasteiger partial charge is 0.254 e. The van der Waals surface area contributed by atoms with Crippen molar-refractivity contribution in [1.29, 1.82) is 0 Å². The van der Waals surface area contributed by atoms with E-state index in [-0.39, 0.29) is 5.91 Å². The first kappa shape index (κ1) is 20.2. The second kappa shape index (κ2) is 7.57. The van der Waals surface area contributed by atoms with Crippen molar-refractivity contribution in [3.8, 4) is 5.69 Å². The second-order valence-corrected chi connectivity index (χ2v) is 9.58. The number of aryl methyl sites for hydroxylation is 1. The largest absolute Gasteiger partial charge is 0.381 e. The SMILES string of the molecule is CCN1C[C@H]2C[C@@H]1CN2C(=O)c1cc2c(cc1C)-n1c(cnc1C1CCOCC1)C(O)N2. The van der Waals surface area contributed by atoms with Gasteiger partial charge in [0.2, 0.25) is 0 Å². The summed E-state index contributed by atoms with van der Waals surface area (Å²) in [6.07, 6.45) is 3.84. The van der Waals surface area contributed by atoms with E-state index in [1.54, 1.807) is 6.20 Å². The number of nitrogens with one attached hydrogen (secondary N) is 1. The van der Waals surface area contributed by atoms with Crippen LogP contribution in [0.15, 0.2) is 18.3 Å². The highest BCUT2D eigenvalue weighted by atomic mass is 16.5. The molecule has 0 saturated carbocycles. The average Bonchev–Trinajstić information content (AvgIpc) is 3.53. The predicted molar refractivity (Wildman–Crippen MR) is 120 cm³/mol. The molecule has 6 rings (SSSR count). The van der Waals surface area contributed by atoms with Gasteiger partial charge in [-0.2, -0.15) is 0 Å². The Labute approximate surface area is 188 Å². The van der Waals surface area contributed by atoms with E-state index >= 15 is 0 Å². The highest BCUT2D eigenvalue weighted by Gasteiger charge is 2.45. The lowest BCUT2D eigenvalue weighted by atomic mass is 9.98. The van der Waals surface area contributed by atoms with E-state index in [0.717, 1.165) is 86.1 Å². The van der Waals surface area contributed by atoms with E-state index < -0.39 is 6.23 Å². The average molecular weight is 438 g/mol. The van der Waals surface area contributed by atoms with Crippen LogP contribution in [-0.4, -0.2) is 75.3 Å². The molecule has 3 atom stereocenters. The van der Waals surface area contributed by atoms with Crippen LogP contribution < -0.4 is 5.32 Å². The Hall–Kier alpha value is -2.42. The fourth-order valence-electron chi connectivity index (χ4n) is 6.06. The molecule has 2 N–H and O–H groups in total. The van der Waals surface area contributed by atoms with Gasteiger partial charge in [-0.25, -0.2) is 4.98 Å². The maximum Gasteiger partial charge on any atom is 0.254 e. The first-order valence-corrected chi connectivity index (χ1v) is 11.8. The van der Waals surface area contributed by atoms with E-state index in [0.29, 0.717) is 18.0 Å². The van der Waals surface area contributed by atoms with Gasteiger partial charge in [-0.05, 0) is 50.4 Å². The molecule has 5 heterocycles. The third kappa shape index (κ3) is 3.00. The Bertz CT molecular complexity index is 1060. The molecule has 1 amide bonds. The predicted octanol–water partition coefficient (Wildman–Crippen LogP) is 2.41. The van der Waals surface area contributed by atoms with Gasteiger partial charge in [0.05, 0.1) is 23.3 Å².